The molecule has 0 spiro atoms. The highest BCUT2D eigenvalue weighted by Crippen LogP contribution is 2.15. The van der Waals surface area contributed by atoms with Crippen molar-refractivity contribution >= 4 is 5.91 Å². The molecular formula is C22H21FN6O3. The molecule has 4 aromatic rings. The highest BCUT2D eigenvalue weighted by molar-refractivity contribution is 5.92. The quantitative estimate of drug-likeness (QED) is 0.477. The van der Waals surface area contributed by atoms with Crippen molar-refractivity contribution < 1.29 is 13.9 Å². The largest absolute Gasteiger partial charge is 0.497 e. The third-order valence-corrected chi connectivity index (χ3v) is 4.94. The highest BCUT2D eigenvalue weighted by Gasteiger charge is 2.18. The van der Waals surface area contributed by atoms with Gasteiger partial charge in [0.15, 0.2) is 5.82 Å². The number of benzene rings is 2. The number of nitrogens with one attached hydrogen (secondary N) is 1. The van der Waals surface area contributed by atoms with Gasteiger partial charge < -0.3 is 10.1 Å². The zero-order chi connectivity index (χ0) is 22.7. The Morgan fingerprint density at radius 3 is 2.28 bits per heavy atom. The van der Waals surface area contributed by atoms with E-state index in [2.05, 4.69) is 15.5 Å². The molecule has 0 atom stereocenters. The Balaban J connectivity index is 1.65. The molecule has 0 saturated heterocycles. The number of hydrogen-bond donors (Lipinski definition) is 1. The average Bonchev–Trinajstić information content (AvgIpc) is 3.38. The second-order valence-electron chi connectivity index (χ2n) is 7.04. The van der Waals surface area contributed by atoms with Crippen molar-refractivity contribution in [2.24, 2.45) is 0 Å². The van der Waals surface area contributed by atoms with E-state index < -0.39 is 5.69 Å². The van der Waals surface area contributed by atoms with Crippen molar-refractivity contribution in [3.05, 3.63) is 94.0 Å². The molecule has 2 aromatic carbocycles. The van der Waals surface area contributed by atoms with E-state index in [0.29, 0.717) is 12.2 Å². The average molecular weight is 436 g/mol. The number of hydrogen-bond acceptors (Lipinski definition) is 5. The minimum absolute atomic E-state index is 0.182. The summed E-state index contributed by atoms with van der Waals surface area (Å²) in [6.07, 6.45) is 1.35. The van der Waals surface area contributed by atoms with Crippen LogP contribution in [0.25, 0.3) is 5.82 Å². The van der Waals surface area contributed by atoms with Gasteiger partial charge in [0, 0.05) is 13.1 Å². The number of nitrogens with zero attached hydrogens (tertiary/aromatic N) is 5. The predicted octanol–water partition coefficient (Wildman–Crippen LogP) is 1.83. The first-order chi connectivity index (χ1) is 15.5. The van der Waals surface area contributed by atoms with E-state index in [9.17, 15) is 14.0 Å². The summed E-state index contributed by atoms with van der Waals surface area (Å²) in [7, 11) is 3.12. The van der Waals surface area contributed by atoms with Crippen LogP contribution in [0.3, 0.4) is 0 Å². The molecular weight excluding hydrogens is 415 g/mol. The minimum Gasteiger partial charge on any atom is -0.497 e. The van der Waals surface area contributed by atoms with Gasteiger partial charge in [0.25, 0.3) is 5.91 Å². The first kappa shape index (κ1) is 21.0. The topological polar surface area (TPSA) is 96.0 Å². The molecule has 0 saturated carbocycles. The zero-order valence-electron chi connectivity index (χ0n) is 17.5. The van der Waals surface area contributed by atoms with Gasteiger partial charge in [0.1, 0.15) is 23.6 Å². The molecule has 0 radical (unpaired) electrons. The molecule has 0 aliphatic heterocycles. The molecule has 9 nitrogen and oxygen atoms in total. The summed E-state index contributed by atoms with van der Waals surface area (Å²) in [5.74, 6) is 0.314. The van der Waals surface area contributed by atoms with Gasteiger partial charge in [-0.15, -0.1) is 0 Å². The predicted molar refractivity (Wildman–Crippen MR) is 115 cm³/mol. The van der Waals surface area contributed by atoms with Crippen LogP contribution in [0.1, 0.15) is 21.6 Å². The Morgan fingerprint density at radius 1 is 1.03 bits per heavy atom. The first-order valence-electron chi connectivity index (χ1n) is 9.80. The number of halogens is 1. The van der Waals surface area contributed by atoms with Gasteiger partial charge in [-0.05, 0) is 35.4 Å². The lowest BCUT2D eigenvalue weighted by molar-refractivity contribution is 0.0953. The van der Waals surface area contributed by atoms with Gasteiger partial charge in [-0.3, -0.25) is 9.48 Å². The summed E-state index contributed by atoms with van der Waals surface area (Å²) >= 11 is 0. The molecule has 2 aromatic heterocycles. The van der Waals surface area contributed by atoms with E-state index in [1.807, 2.05) is 24.3 Å². The van der Waals surface area contributed by atoms with E-state index in [0.717, 1.165) is 16.9 Å². The summed E-state index contributed by atoms with van der Waals surface area (Å²) in [5, 5.41) is 11.2. The van der Waals surface area contributed by atoms with E-state index in [1.54, 1.807) is 19.2 Å². The van der Waals surface area contributed by atoms with Gasteiger partial charge >= 0.3 is 5.69 Å². The maximum absolute atomic E-state index is 13.1. The molecule has 10 heteroatoms. The molecule has 4 rings (SSSR count). The minimum atomic E-state index is -0.424. The Labute approximate surface area is 182 Å². The van der Waals surface area contributed by atoms with Gasteiger partial charge in [0.2, 0.25) is 0 Å². The second kappa shape index (κ2) is 8.88. The van der Waals surface area contributed by atoms with Gasteiger partial charge in [-0.1, -0.05) is 24.3 Å². The smallest absolute Gasteiger partial charge is 0.351 e. The lowest BCUT2D eigenvalue weighted by atomic mass is 10.2. The van der Waals surface area contributed by atoms with Gasteiger partial charge in [-0.25, -0.2) is 18.4 Å². The maximum Gasteiger partial charge on any atom is 0.351 e. The maximum atomic E-state index is 13.1. The van der Waals surface area contributed by atoms with Crippen LogP contribution in [-0.2, 0) is 13.1 Å². The van der Waals surface area contributed by atoms with Crippen molar-refractivity contribution in [1.82, 2.24) is 29.4 Å². The molecule has 0 fully saturated rings. The Hall–Kier alpha value is -4.21. The highest BCUT2D eigenvalue weighted by atomic mass is 19.1. The first-order valence-corrected chi connectivity index (χ1v) is 9.80. The summed E-state index contributed by atoms with van der Waals surface area (Å²) in [6.45, 7) is 0.506. The zero-order valence-corrected chi connectivity index (χ0v) is 17.5. The molecule has 164 valence electrons. The monoisotopic (exact) mass is 436 g/mol. The molecule has 32 heavy (non-hydrogen) atoms. The third kappa shape index (κ3) is 4.29. The normalized spacial score (nSPS) is 10.8. The molecule has 1 amide bonds. The fraction of sp³-hybridized carbons (Fsp3) is 0.182. The Morgan fingerprint density at radius 2 is 1.66 bits per heavy atom. The van der Waals surface area contributed by atoms with Crippen molar-refractivity contribution in [3.63, 3.8) is 0 Å². The second-order valence-corrected chi connectivity index (χ2v) is 7.04. The fourth-order valence-corrected chi connectivity index (χ4v) is 3.22. The lowest BCUT2D eigenvalue weighted by Crippen LogP contribution is -2.24. The van der Waals surface area contributed by atoms with Crippen molar-refractivity contribution in [2.75, 3.05) is 14.2 Å². The molecule has 1 N–H and O–H groups in total. The number of methoxy groups -OCH3 is 1. The molecule has 0 aliphatic rings. The van der Waals surface area contributed by atoms with E-state index in [1.165, 1.54) is 45.5 Å². The third-order valence-electron chi connectivity index (χ3n) is 4.94. The van der Waals surface area contributed by atoms with Crippen molar-refractivity contribution in [2.45, 2.75) is 13.1 Å². The molecule has 0 unspecified atom stereocenters. The number of carbonyl (C=O) groups is 1. The van der Waals surface area contributed by atoms with Crippen LogP contribution in [0.5, 0.6) is 5.75 Å². The lowest BCUT2D eigenvalue weighted by Gasteiger charge is -2.07. The standard InChI is InChI=1S/C22H21FN6O3/c1-24-21(30)19-11-20(26-28(19)12-16-5-9-18(32-2)10-6-16)27-14-25-29(22(27)31)13-15-3-7-17(23)8-4-15/h3-11,14H,12-13H2,1-2H3,(H,24,30). The number of amides is 1. The van der Waals surface area contributed by atoms with Crippen LogP contribution in [0, 0.1) is 5.82 Å². The van der Waals surface area contributed by atoms with Crippen LogP contribution >= 0.6 is 0 Å². The van der Waals surface area contributed by atoms with E-state index in [-0.39, 0.29) is 24.1 Å². The summed E-state index contributed by atoms with van der Waals surface area (Å²) in [5.41, 5.74) is 1.52. The Bertz CT molecular complexity index is 1290. The van der Waals surface area contributed by atoms with Gasteiger partial charge in [0.05, 0.1) is 20.2 Å². The van der Waals surface area contributed by atoms with Crippen molar-refractivity contribution in [1.29, 1.82) is 0 Å². The van der Waals surface area contributed by atoms with Crippen LogP contribution in [0.2, 0.25) is 0 Å². The molecule has 2 heterocycles. The summed E-state index contributed by atoms with van der Waals surface area (Å²) < 4.78 is 22.3. The van der Waals surface area contributed by atoms with E-state index >= 15 is 0 Å². The van der Waals surface area contributed by atoms with Crippen molar-refractivity contribution in [3.8, 4) is 11.6 Å². The number of carbonyl (C=O) groups excluding carboxylic acids is 1. The van der Waals surface area contributed by atoms with Crippen LogP contribution in [0.4, 0.5) is 4.39 Å². The van der Waals surface area contributed by atoms with Crippen LogP contribution in [0.15, 0.2) is 65.7 Å². The van der Waals surface area contributed by atoms with E-state index in [4.69, 9.17) is 4.74 Å². The molecule has 0 bridgehead atoms. The number of ether oxygens (including phenoxy) is 1. The Kier molecular flexibility index (Phi) is 5.84. The van der Waals surface area contributed by atoms with Crippen LogP contribution in [-0.4, -0.2) is 44.2 Å². The summed E-state index contributed by atoms with van der Waals surface area (Å²) in [4.78, 5) is 25.3. The number of aromatic nitrogens is 5. The van der Waals surface area contributed by atoms with Crippen LogP contribution < -0.4 is 15.7 Å². The number of rotatable bonds is 7. The van der Waals surface area contributed by atoms with Gasteiger partial charge in [-0.2, -0.15) is 10.2 Å². The fourth-order valence-electron chi connectivity index (χ4n) is 3.22. The molecule has 0 aliphatic carbocycles. The summed E-state index contributed by atoms with van der Waals surface area (Å²) in [6, 6.07) is 14.8. The SMILES string of the molecule is CNC(=O)c1cc(-n2cnn(Cc3ccc(F)cc3)c2=O)nn1Cc1ccc(OC)cc1.